The Balaban J connectivity index is 2.21. The van der Waals surface area contributed by atoms with Gasteiger partial charge in [0.1, 0.15) is 0 Å². The van der Waals surface area contributed by atoms with E-state index >= 15 is 0 Å². The minimum absolute atomic E-state index is 0.0763. The van der Waals surface area contributed by atoms with Gasteiger partial charge < -0.3 is 4.52 Å². The number of alkyl halides is 3. The molecule has 0 unspecified atom stereocenters. The fourth-order valence-corrected chi connectivity index (χ4v) is 1.98. The molecule has 0 bridgehead atoms. The summed E-state index contributed by atoms with van der Waals surface area (Å²) >= 11 is 28.7. The quantitative estimate of drug-likeness (QED) is 0.734. The van der Waals surface area contributed by atoms with E-state index in [2.05, 4.69) is 10.1 Å². The molecule has 0 aliphatic rings. The van der Waals surface area contributed by atoms with E-state index in [9.17, 15) is 0 Å². The lowest BCUT2D eigenvalue weighted by molar-refractivity contribution is 0.377. The third kappa shape index (κ3) is 3.43. The topological polar surface area (TPSA) is 38.9 Å². The Labute approximate surface area is 128 Å². The minimum atomic E-state index is -1.73. The number of aromatic nitrogens is 2. The molecule has 1 aromatic heterocycles. The molecule has 18 heavy (non-hydrogen) atoms. The van der Waals surface area contributed by atoms with E-state index in [1.165, 1.54) is 0 Å². The molecule has 0 radical (unpaired) electrons. The molecule has 0 spiro atoms. The van der Waals surface area contributed by atoms with Crippen molar-refractivity contribution >= 4 is 58.0 Å². The zero-order valence-corrected chi connectivity index (χ0v) is 12.4. The van der Waals surface area contributed by atoms with Gasteiger partial charge in [0.05, 0.1) is 0 Å². The van der Waals surface area contributed by atoms with E-state index in [1.54, 1.807) is 18.2 Å². The average molecular weight is 346 g/mol. The maximum atomic E-state index is 6.03. The van der Waals surface area contributed by atoms with E-state index in [0.717, 1.165) is 5.56 Å². The van der Waals surface area contributed by atoms with Crippen molar-refractivity contribution in [2.75, 3.05) is 0 Å². The summed E-state index contributed by atoms with van der Waals surface area (Å²) in [4.78, 5) is 3.98. The third-order valence-electron chi connectivity index (χ3n) is 2.07. The van der Waals surface area contributed by atoms with Crippen LogP contribution in [0.5, 0.6) is 0 Å². The Morgan fingerprint density at radius 1 is 1.17 bits per heavy atom. The van der Waals surface area contributed by atoms with Gasteiger partial charge in [0, 0.05) is 16.5 Å². The van der Waals surface area contributed by atoms with Crippen LogP contribution < -0.4 is 0 Å². The van der Waals surface area contributed by atoms with Gasteiger partial charge in [-0.3, -0.25) is 0 Å². The van der Waals surface area contributed by atoms with Crippen molar-refractivity contribution in [3.05, 3.63) is 45.5 Å². The second-order valence-corrected chi connectivity index (χ2v) is 6.55. The Bertz CT molecular complexity index is 564. The molecule has 0 saturated heterocycles. The molecule has 8 heteroatoms. The van der Waals surface area contributed by atoms with Crippen LogP contribution in [0.1, 0.15) is 17.3 Å². The van der Waals surface area contributed by atoms with Crippen molar-refractivity contribution < 1.29 is 4.52 Å². The summed E-state index contributed by atoms with van der Waals surface area (Å²) < 4.78 is 3.11. The van der Waals surface area contributed by atoms with Gasteiger partial charge in [0.2, 0.25) is 0 Å². The Hall–Kier alpha value is -0.190. The molecule has 0 aliphatic heterocycles. The monoisotopic (exact) mass is 344 g/mol. The number of rotatable bonds is 2. The van der Waals surface area contributed by atoms with Gasteiger partial charge in [-0.15, -0.1) is 0 Å². The molecule has 2 rings (SSSR count). The van der Waals surface area contributed by atoms with Crippen molar-refractivity contribution in [2.24, 2.45) is 0 Å². The molecule has 0 atom stereocenters. The van der Waals surface area contributed by atoms with Crippen molar-refractivity contribution in [2.45, 2.75) is 10.2 Å². The van der Waals surface area contributed by atoms with Crippen LogP contribution in [0.3, 0.4) is 0 Å². The zero-order chi connectivity index (χ0) is 13.3. The Morgan fingerprint density at radius 2 is 1.89 bits per heavy atom. The maximum Gasteiger partial charge on any atom is 0.278 e. The first-order chi connectivity index (χ1) is 8.36. The lowest BCUT2D eigenvalue weighted by atomic mass is 10.1. The van der Waals surface area contributed by atoms with Gasteiger partial charge in [-0.05, 0) is 17.7 Å². The number of halogens is 5. The average Bonchev–Trinajstić information content (AvgIpc) is 2.70. The first-order valence-electron chi connectivity index (χ1n) is 4.70. The first-order valence-corrected chi connectivity index (χ1v) is 6.59. The number of benzene rings is 1. The van der Waals surface area contributed by atoms with Crippen LogP contribution >= 0.6 is 58.0 Å². The lowest BCUT2D eigenvalue weighted by Crippen LogP contribution is -2.00. The summed E-state index contributed by atoms with van der Waals surface area (Å²) in [6.07, 6.45) is 0.361. The highest BCUT2D eigenvalue weighted by Gasteiger charge is 2.30. The van der Waals surface area contributed by atoms with E-state index in [-0.39, 0.29) is 5.89 Å². The van der Waals surface area contributed by atoms with Gasteiger partial charge in [-0.2, -0.15) is 4.98 Å². The highest BCUT2D eigenvalue weighted by Crippen LogP contribution is 2.37. The highest BCUT2D eigenvalue weighted by molar-refractivity contribution is 6.66. The van der Waals surface area contributed by atoms with Crippen LogP contribution in [0.25, 0.3) is 0 Å². The molecule has 0 saturated carbocycles. The van der Waals surface area contributed by atoms with E-state index in [4.69, 9.17) is 62.5 Å². The van der Waals surface area contributed by atoms with Crippen molar-refractivity contribution in [3.63, 3.8) is 0 Å². The predicted octanol–water partition coefficient (Wildman–Crippen LogP) is 4.79. The standard InChI is InChI=1S/C10H5Cl5N2O/c11-6-2-1-5(7(12)4-6)3-8-16-9(18-17-8)10(13,14)15/h1-2,4H,3H2. The molecule has 1 aromatic carbocycles. The number of hydrogen-bond acceptors (Lipinski definition) is 3. The van der Waals surface area contributed by atoms with Crippen LogP contribution in [0.4, 0.5) is 0 Å². The van der Waals surface area contributed by atoms with Gasteiger partial charge in [0.15, 0.2) is 5.82 Å². The molecular weight excluding hydrogens is 341 g/mol. The van der Waals surface area contributed by atoms with E-state index in [0.29, 0.717) is 22.3 Å². The zero-order valence-electron chi connectivity index (χ0n) is 8.63. The normalized spacial score (nSPS) is 11.8. The molecule has 0 aliphatic carbocycles. The second-order valence-electron chi connectivity index (χ2n) is 3.43. The lowest BCUT2D eigenvalue weighted by Gasteiger charge is -2.02. The molecule has 0 N–H and O–H groups in total. The maximum absolute atomic E-state index is 6.03. The van der Waals surface area contributed by atoms with Gasteiger partial charge >= 0.3 is 0 Å². The Kier molecular flexibility index (Phi) is 4.29. The molecule has 1 heterocycles. The first kappa shape index (κ1) is 14.2. The molecule has 0 amide bonds. The van der Waals surface area contributed by atoms with Gasteiger partial charge in [-0.25, -0.2) is 0 Å². The van der Waals surface area contributed by atoms with Crippen LogP contribution in [0.15, 0.2) is 22.7 Å². The summed E-state index contributed by atoms with van der Waals surface area (Å²) in [6.45, 7) is 0. The summed E-state index contributed by atoms with van der Waals surface area (Å²) in [5.41, 5.74) is 0.803. The molecule has 2 aromatic rings. The van der Waals surface area contributed by atoms with Gasteiger partial charge in [-0.1, -0.05) is 69.2 Å². The fraction of sp³-hybridized carbons (Fsp3) is 0.200. The smallest absolute Gasteiger partial charge is 0.278 e. The van der Waals surface area contributed by atoms with Gasteiger partial charge in [0.25, 0.3) is 9.68 Å². The van der Waals surface area contributed by atoms with Crippen molar-refractivity contribution in [1.82, 2.24) is 10.1 Å². The molecule has 0 fully saturated rings. The number of hydrogen-bond donors (Lipinski definition) is 0. The third-order valence-corrected chi connectivity index (χ3v) is 3.15. The minimum Gasteiger partial charge on any atom is -0.335 e. The highest BCUT2D eigenvalue weighted by atomic mass is 35.6. The largest absolute Gasteiger partial charge is 0.335 e. The molecule has 96 valence electrons. The molecular formula is C10H5Cl5N2O. The van der Waals surface area contributed by atoms with E-state index < -0.39 is 3.79 Å². The summed E-state index contributed by atoms with van der Waals surface area (Å²) in [5.74, 6) is 0.299. The summed E-state index contributed by atoms with van der Waals surface area (Å²) in [7, 11) is 0. The van der Waals surface area contributed by atoms with Crippen LogP contribution in [0.2, 0.25) is 10.0 Å². The number of nitrogens with zero attached hydrogens (tertiary/aromatic N) is 2. The van der Waals surface area contributed by atoms with Crippen LogP contribution in [0, 0.1) is 0 Å². The second kappa shape index (κ2) is 5.43. The SMILES string of the molecule is Clc1ccc(Cc2noc(C(Cl)(Cl)Cl)n2)c(Cl)c1. The Morgan fingerprint density at radius 3 is 2.44 bits per heavy atom. The van der Waals surface area contributed by atoms with Crippen LogP contribution in [-0.4, -0.2) is 10.1 Å². The predicted molar refractivity (Wildman–Crippen MR) is 72.8 cm³/mol. The van der Waals surface area contributed by atoms with Crippen molar-refractivity contribution in [3.8, 4) is 0 Å². The van der Waals surface area contributed by atoms with Crippen LogP contribution in [-0.2, 0) is 10.2 Å². The van der Waals surface area contributed by atoms with E-state index in [1.807, 2.05) is 0 Å². The fourth-order valence-electron chi connectivity index (χ4n) is 1.28. The summed E-state index contributed by atoms with van der Waals surface area (Å²) in [6, 6.07) is 5.13. The van der Waals surface area contributed by atoms with Crippen molar-refractivity contribution in [1.29, 1.82) is 0 Å². The summed E-state index contributed by atoms with van der Waals surface area (Å²) in [5, 5.41) is 4.78. The molecule has 3 nitrogen and oxygen atoms in total.